The first-order chi connectivity index (χ1) is 16.4. The van der Waals surface area contributed by atoms with Crippen molar-refractivity contribution in [2.24, 2.45) is 0 Å². The van der Waals surface area contributed by atoms with Gasteiger partial charge in [-0.2, -0.15) is 0 Å². The van der Waals surface area contributed by atoms with Crippen LogP contribution in [0.15, 0.2) is 64.6 Å². The van der Waals surface area contributed by atoms with E-state index in [1.165, 1.54) is 23.1 Å². The number of thiazole rings is 1. The molecule has 4 aromatic rings. The molecule has 3 heterocycles. The number of amides is 1. The Bertz CT molecular complexity index is 1470. The van der Waals surface area contributed by atoms with Crippen molar-refractivity contribution in [1.82, 2.24) is 4.98 Å². The van der Waals surface area contributed by atoms with Gasteiger partial charge in [0.25, 0.3) is 5.78 Å². The van der Waals surface area contributed by atoms with Gasteiger partial charge in [0.05, 0.1) is 22.4 Å². The number of fused-ring (bicyclic) bond motifs is 1. The molecule has 2 aromatic heterocycles. The molecule has 7 nitrogen and oxygen atoms in total. The molecule has 2 aromatic carbocycles. The van der Waals surface area contributed by atoms with Gasteiger partial charge < -0.3 is 14.3 Å². The number of aromatic nitrogens is 1. The number of halogens is 1. The molecular weight excluding hydrogens is 459 g/mol. The van der Waals surface area contributed by atoms with E-state index in [9.17, 15) is 19.1 Å². The average molecular weight is 479 g/mol. The van der Waals surface area contributed by atoms with Gasteiger partial charge in [-0.3, -0.25) is 14.5 Å². The van der Waals surface area contributed by atoms with E-state index < -0.39 is 23.5 Å². The number of Topliss-reactive ketones (excluding diaryl/α,β-unsaturated/α-hetero) is 1. The number of benzene rings is 2. The summed E-state index contributed by atoms with van der Waals surface area (Å²) in [7, 11) is 0. The fraction of sp³-hybridized carbons (Fsp3) is 0.160. The van der Waals surface area contributed by atoms with Crippen molar-refractivity contribution < 1.29 is 28.2 Å². The number of hydrogen-bond acceptors (Lipinski definition) is 7. The number of hydrogen-bond donors (Lipinski definition) is 1. The van der Waals surface area contributed by atoms with Crippen LogP contribution in [0.1, 0.15) is 30.0 Å². The van der Waals surface area contributed by atoms with Crippen LogP contribution >= 0.6 is 11.3 Å². The quantitative estimate of drug-likeness (QED) is 0.236. The second kappa shape index (κ2) is 8.42. The second-order valence-electron chi connectivity index (χ2n) is 7.69. The first kappa shape index (κ1) is 21.8. The van der Waals surface area contributed by atoms with Gasteiger partial charge in [0.15, 0.2) is 5.13 Å². The van der Waals surface area contributed by atoms with E-state index in [1.54, 1.807) is 43.3 Å². The van der Waals surface area contributed by atoms with Crippen molar-refractivity contribution in [2.75, 3.05) is 11.5 Å². The number of ketones is 1. The summed E-state index contributed by atoms with van der Waals surface area (Å²) in [5, 5.41) is 11.4. The monoisotopic (exact) mass is 478 g/mol. The van der Waals surface area contributed by atoms with E-state index in [-0.39, 0.29) is 16.5 Å². The Morgan fingerprint density at radius 2 is 2.03 bits per heavy atom. The lowest BCUT2D eigenvalue weighted by Gasteiger charge is -2.20. The Balaban J connectivity index is 1.70. The summed E-state index contributed by atoms with van der Waals surface area (Å²) in [6.45, 7) is 4.00. The lowest BCUT2D eigenvalue weighted by molar-refractivity contribution is -0.132. The van der Waals surface area contributed by atoms with Crippen molar-refractivity contribution in [2.45, 2.75) is 19.9 Å². The van der Waals surface area contributed by atoms with Crippen LogP contribution in [0.5, 0.6) is 5.75 Å². The minimum absolute atomic E-state index is 0.126. The van der Waals surface area contributed by atoms with Gasteiger partial charge >= 0.3 is 5.91 Å². The second-order valence-corrected chi connectivity index (χ2v) is 8.70. The summed E-state index contributed by atoms with van der Waals surface area (Å²) in [5.41, 5.74) is 0.684. The maximum absolute atomic E-state index is 13.7. The summed E-state index contributed by atoms with van der Waals surface area (Å²) in [6.07, 6.45) is 0. The van der Waals surface area contributed by atoms with Crippen molar-refractivity contribution >= 4 is 44.1 Å². The number of rotatable bonds is 5. The maximum Gasteiger partial charge on any atom is 0.302 e. The van der Waals surface area contributed by atoms with E-state index in [1.807, 2.05) is 6.92 Å². The standard InChI is InChI=1S/C25H19FN2O5S/c1-3-32-16-6-4-5-14(11-16)22(29)20-21(18-10-7-13(2)33-18)28(24(31)23(20)30)25-27-17-9-8-15(26)12-19(17)34-25/h4-12,21,29H,3H2,1-2H3. The van der Waals surface area contributed by atoms with E-state index in [4.69, 9.17) is 9.15 Å². The Labute approximate surface area is 197 Å². The highest BCUT2D eigenvalue weighted by Crippen LogP contribution is 2.44. The lowest BCUT2D eigenvalue weighted by atomic mass is 9.99. The van der Waals surface area contributed by atoms with Gasteiger partial charge in [-0.1, -0.05) is 23.5 Å². The summed E-state index contributed by atoms with van der Waals surface area (Å²) >= 11 is 1.07. The third-order valence-corrected chi connectivity index (χ3v) is 6.46. The Hall–Kier alpha value is -3.98. The minimum Gasteiger partial charge on any atom is -0.507 e. The molecule has 1 unspecified atom stereocenters. The summed E-state index contributed by atoms with van der Waals surface area (Å²) in [5.74, 6) is -1.13. The third kappa shape index (κ3) is 3.63. The molecule has 1 N–H and O–H groups in total. The van der Waals surface area contributed by atoms with Crippen LogP contribution < -0.4 is 9.64 Å². The van der Waals surface area contributed by atoms with Crippen molar-refractivity contribution in [3.05, 3.63) is 83.1 Å². The number of aryl methyl sites for hydroxylation is 1. The number of aliphatic hydroxyl groups excluding tert-OH is 1. The minimum atomic E-state index is -1.05. The number of anilines is 1. The molecule has 5 rings (SSSR count). The topological polar surface area (TPSA) is 92.9 Å². The molecule has 1 amide bonds. The number of furan rings is 1. The number of nitrogens with zero attached hydrogens (tertiary/aromatic N) is 2. The van der Waals surface area contributed by atoms with E-state index >= 15 is 0 Å². The first-order valence-corrected chi connectivity index (χ1v) is 11.4. The van der Waals surface area contributed by atoms with Gasteiger partial charge in [0, 0.05) is 5.56 Å². The average Bonchev–Trinajstić information content (AvgIpc) is 3.49. The molecular formula is C25H19FN2O5S. The molecule has 1 saturated heterocycles. The molecule has 1 aliphatic rings. The molecule has 34 heavy (non-hydrogen) atoms. The Morgan fingerprint density at radius 3 is 2.76 bits per heavy atom. The van der Waals surface area contributed by atoms with Crippen LogP contribution in [0, 0.1) is 12.7 Å². The molecule has 0 spiro atoms. The zero-order valence-corrected chi connectivity index (χ0v) is 19.1. The van der Waals surface area contributed by atoms with Crippen LogP contribution in [0.4, 0.5) is 9.52 Å². The molecule has 9 heteroatoms. The van der Waals surface area contributed by atoms with E-state index in [0.29, 0.717) is 39.7 Å². The number of ether oxygens (including phenoxy) is 1. The number of carbonyl (C=O) groups is 2. The number of aliphatic hydroxyl groups is 1. The molecule has 0 aliphatic carbocycles. The van der Waals surface area contributed by atoms with Crippen LogP contribution in [-0.2, 0) is 9.59 Å². The largest absolute Gasteiger partial charge is 0.507 e. The summed E-state index contributed by atoms with van der Waals surface area (Å²) < 4.78 is 25.5. The summed E-state index contributed by atoms with van der Waals surface area (Å²) in [4.78, 5) is 32.1. The molecule has 172 valence electrons. The molecule has 0 radical (unpaired) electrons. The highest BCUT2D eigenvalue weighted by molar-refractivity contribution is 7.22. The number of carbonyl (C=O) groups excluding carboxylic acids is 2. The van der Waals surface area contributed by atoms with Gasteiger partial charge in [-0.15, -0.1) is 0 Å². The molecule has 1 atom stereocenters. The van der Waals surface area contributed by atoms with E-state index in [0.717, 1.165) is 11.3 Å². The highest BCUT2D eigenvalue weighted by Gasteiger charge is 2.49. The molecule has 1 aliphatic heterocycles. The van der Waals surface area contributed by atoms with Gasteiger partial charge in [-0.05, 0) is 56.3 Å². The fourth-order valence-electron chi connectivity index (χ4n) is 3.94. The van der Waals surface area contributed by atoms with Gasteiger partial charge in [0.1, 0.15) is 34.9 Å². The van der Waals surface area contributed by atoms with Crippen LogP contribution in [0.2, 0.25) is 0 Å². The van der Waals surface area contributed by atoms with Crippen molar-refractivity contribution in [3.63, 3.8) is 0 Å². The highest BCUT2D eigenvalue weighted by atomic mass is 32.1. The molecule has 1 fully saturated rings. The van der Waals surface area contributed by atoms with E-state index in [2.05, 4.69) is 4.98 Å². The molecule has 0 saturated carbocycles. The van der Waals surface area contributed by atoms with Crippen LogP contribution in [0.25, 0.3) is 16.0 Å². The molecule has 0 bridgehead atoms. The lowest BCUT2D eigenvalue weighted by Crippen LogP contribution is -2.29. The maximum atomic E-state index is 13.7. The van der Waals surface area contributed by atoms with Crippen molar-refractivity contribution in [3.8, 4) is 5.75 Å². The Kier molecular flexibility index (Phi) is 5.41. The van der Waals surface area contributed by atoms with Crippen LogP contribution in [-0.4, -0.2) is 28.4 Å². The first-order valence-electron chi connectivity index (χ1n) is 10.5. The van der Waals surface area contributed by atoms with Gasteiger partial charge in [0.2, 0.25) is 0 Å². The predicted octanol–water partition coefficient (Wildman–Crippen LogP) is 5.36. The fourth-order valence-corrected chi connectivity index (χ4v) is 4.96. The Morgan fingerprint density at radius 1 is 1.21 bits per heavy atom. The van der Waals surface area contributed by atoms with Crippen molar-refractivity contribution in [1.29, 1.82) is 0 Å². The summed E-state index contributed by atoms with van der Waals surface area (Å²) in [6, 6.07) is 13.0. The van der Waals surface area contributed by atoms with Gasteiger partial charge in [-0.25, -0.2) is 9.37 Å². The smallest absolute Gasteiger partial charge is 0.302 e. The zero-order valence-electron chi connectivity index (χ0n) is 18.2. The third-order valence-electron chi connectivity index (χ3n) is 5.44. The SMILES string of the molecule is CCOc1cccc(C(O)=C2C(=O)C(=O)N(c3nc4ccc(F)cc4s3)C2c2ccc(C)o2)c1. The predicted molar refractivity (Wildman–Crippen MR) is 125 cm³/mol. The normalized spacial score (nSPS) is 17.6. The van der Waals surface area contributed by atoms with Crippen LogP contribution in [0.3, 0.4) is 0 Å². The zero-order chi connectivity index (χ0) is 24.0.